The van der Waals surface area contributed by atoms with Gasteiger partial charge in [0.25, 0.3) is 0 Å². The number of nitrogens with zero attached hydrogens (tertiary/aromatic N) is 3. The predicted molar refractivity (Wildman–Crippen MR) is 219 cm³/mol. The van der Waals surface area contributed by atoms with Gasteiger partial charge in [0.05, 0.1) is 33.1 Å². The predicted octanol–water partition coefficient (Wildman–Crippen LogP) is 12.2. The van der Waals surface area contributed by atoms with E-state index in [1.807, 2.05) is 42.5 Å². The maximum absolute atomic E-state index is 13.5. The first kappa shape index (κ1) is 29.5. The van der Waals surface area contributed by atoms with Crippen LogP contribution >= 0.6 is 0 Å². The minimum absolute atomic E-state index is 0.0155. The minimum atomic E-state index is 0.0155. The second kappa shape index (κ2) is 11.4. The number of carbonyl (C=O) groups is 1. The van der Waals surface area contributed by atoms with Crippen LogP contribution < -0.4 is 0 Å². The van der Waals surface area contributed by atoms with Crippen molar-refractivity contribution in [3.63, 3.8) is 0 Å². The van der Waals surface area contributed by atoms with Crippen LogP contribution in [-0.2, 0) is 0 Å². The third-order valence-electron chi connectivity index (χ3n) is 10.8. The van der Waals surface area contributed by atoms with Crippen LogP contribution in [0.25, 0.3) is 82.5 Å². The highest BCUT2D eigenvalue weighted by Gasteiger charge is 2.28. The summed E-state index contributed by atoms with van der Waals surface area (Å²) in [6.07, 6.45) is 0. The molecule has 4 heteroatoms. The van der Waals surface area contributed by atoms with Crippen molar-refractivity contribution in [3.8, 4) is 17.1 Å². The molecule has 0 bridgehead atoms. The first-order valence-corrected chi connectivity index (χ1v) is 18.0. The van der Waals surface area contributed by atoms with E-state index >= 15 is 0 Å². The van der Waals surface area contributed by atoms with E-state index in [0.717, 1.165) is 39.1 Å². The Morgan fingerprint density at radius 2 is 0.604 bits per heavy atom. The summed E-state index contributed by atoms with van der Waals surface area (Å²) in [4.78, 5) is 13.5. The summed E-state index contributed by atoms with van der Waals surface area (Å²) in [5, 5.41) is 7.19. The number of benzene rings is 8. The molecule has 0 aliphatic carbocycles. The van der Waals surface area contributed by atoms with Gasteiger partial charge in [0, 0.05) is 60.5 Å². The molecule has 0 aliphatic heterocycles. The second-order valence-corrected chi connectivity index (χ2v) is 13.6. The highest BCUT2D eigenvalue weighted by molar-refractivity contribution is 6.40. The lowest BCUT2D eigenvalue weighted by Crippen LogP contribution is -2.02. The van der Waals surface area contributed by atoms with E-state index in [4.69, 9.17) is 0 Å². The van der Waals surface area contributed by atoms with Crippen LogP contribution in [0.2, 0.25) is 0 Å². The fourth-order valence-corrected chi connectivity index (χ4v) is 8.63. The molecule has 8 aromatic carbocycles. The molecule has 0 amide bonds. The van der Waals surface area contributed by atoms with E-state index in [2.05, 4.69) is 159 Å². The zero-order valence-corrected chi connectivity index (χ0v) is 28.6. The van der Waals surface area contributed by atoms with E-state index in [0.29, 0.717) is 11.1 Å². The van der Waals surface area contributed by atoms with Crippen molar-refractivity contribution in [2.75, 3.05) is 0 Å². The van der Waals surface area contributed by atoms with Gasteiger partial charge in [0.2, 0.25) is 0 Å². The highest BCUT2D eigenvalue weighted by atomic mass is 16.1. The van der Waals surface area contributed by atoms with Crippen LogP contribution in [0.1, 0.15) is 15.9 Å². The van der Waals surface area contributed by atoms with E-state index in [1.165, 1.54) is 43.4 Å². The van der Waals surface area contributed by atoms with E-state index in [-0.39, 0.29) is 5.78 Å². The molecule has 0 atom stereocenters. The van der Waals surface area contributed by atoms with Gasteiger partial charge in [-0.1, -0.05) is 121 Å². The van der Waals surface area contributed by atoms with Gasteiger partial charge in [0.15, 0.2) is 5.78 Å². The summed E-state index contributed by atoms with van der Waals surface area (Å²) in [7, 11) is 0. The van der Waals surface area contributed by atoms with E-state index in [9.17, 15) is 4.79 Å². The maximum atomic E-state index is 13.5. The standard InChI is InChI=1S/C49H31N3O/c53-49(32-16-4-1-5-17-32)33-28-30-36(31-29-33)52-42-27-15-12-24-39(42)45-47-43(37-22-10-13-25-40(37)50(47)34-18-6-2-7-19-34)46-44(48(45)52)38-23-11-14-26-41(38)51(46)35-20-8-3-9-21-35/h1-31H. The average Bonchev–Trinajstić information content (AvgIpc) is 3.88. The molecular weight excluding hydrogens is 647 g/mol. The molecule has 4 nitrogen and oxygen atoms in total. The Morgan fingerprint density at radius 1 is 0.302 bits per heavy atom. The summed E-state index contributed by atoms with van der Waals surface area (Å²) in [6.45, 7) is 0. The monoisotopic (exact) mass is 677 g/mol. The normalized spacial score (nSPS) is 11.8. The van der Waals surface area contributed by atoms with Crippen LogP contribution in [0.5, 0.6) is 0 Å². The Hall–Kier alpha value is -7.17. The molecule has 3 heterocycles. The van der Waals surface area contributed by atoms with Gasteiger partial charge >= 0.3 is 0 Å². The van der Waals surface area contributed by atoms with Crippen molar-refractivity contribution >= 4 is 71.2 Å². The zero-order valence-electron chi connectivity index (χ0n) is 28.6. The third kappa shape index (κ3) is 4.21. The van der Waals surface area contributed by atoms with Crippen molar-refractivity contribution in [1.82, 2.24) is 13.7 Å². The van der Waals surface area contributed by atoms with Crippen molar-refractivity contribution < 1.29 is 4.79 Å². The lowest BCUT2D eigenvalue weighted by molar-refractivity contribution is 0.103. The van der Waals surface area contributed by atoms with E-state index < -0.39 is 0 Å². The van der Waals surface area contributed by atoms with Crippen LogP contribution in [0.4, 0.5) is 0 Å². The Kier molecular flexibility index (Phi) is 6.37. The molecule has 0 N–H and O–H groups in total. The molecule has 0 saturated carbocycles. The van der Waals surface area contributed by atoms with Crippen molar-refractivity contribution in [2.24, 2.45) is 0 Å². The fourth-order valence-electron chi connectivity index (χ4n) is 8.63. The van der Waals surface area contributed by atoms with Gasteiger partial charge in [-0.25, -0.2) is 0 Å². The number of hydrogen-bond donors (Lipinski definition) is 0. The van der Waals surface area contributed by atoms with Gasteiger partial charge in [-0.15, -0.1) is 0 Å². The lowest BCUT2D eigenvalue weighted by atomic mass is 10.0. The SMILES string of the molecule is O=C(c1ccccc1)c1ccc(-n2c3ccccc3c3c4c(c5ccccc5n4-c4ccccc4)c4c(c5ccccc5n4-c4ccccc4)c32)cc1. The van der Waals surface area contributed by atoms with Crippen molar-refractivity contribution in [2.45, 2.75) is 0 Å². The highest BCUT2D eigenvalue weighted by Crippen LogP contribution is 2.50. The minimum Gasteiger partial charge on any atom is -0.308 e. The van der Waals surface area contributed by atoms with Crippen LogP contribution in [-0.4, -0.2) is 19.5 Å². The molecule has 0 aliphatic rings. The number of carbonyl (C=O) groups excluding carboxylic acids is 1. The van der Waals surface area contributed by atoms with Gasteiger partial charge in [-0.2, -0.15) is 0 Å². The topological polar surface area (TPSA) is 31.9 Å². The van der Waals surface area contributed by atoms with Gasteiger partial charge in [0.1, 0.15) is 0 Å². The molecule has 3 aromatic heterocycles. The molecular formula is C49H31N3O. The Labute approximate surface area is 305 Å². The van der Waals surface area contributed by atoms with Gasteiger partial charge in [-0.3, -0.25) is 4.79 Å². The van der Waals surface area contributed by atoms with Crippen LogP contribution in [0, 0.1) is 0 Å². The van der Waals surface area contributed by atoms with Gasteiger partial charge in [-0.05, 0) is 66.7 Å². The third-order valence-corrected chi connectivity index (χ3v) is 10.8. The largest absolute Gasteiger partial charge is 0.308 e. The first-order chi connectivity index (χ1) is 26.3. The van der Waals surface area contributed by atoms with Gasteiger partial charge < -0.3 is 13.7 Å². The summed E-state index contributed by atoms with van der Waals surface area (Å²) in [5.41, 5.74) is 11.5. The van der Waals surface area contributed by atoms with Crippen LogP contribution in [0.15, 0.2) is 188 Å². The molecule has 0 fully saturated rings. The molecule has 53 heavy (non-hydrogen) atoms. The summed E-state index contributed by atoms with van der Waals surface area (Å²) in [5.74, 6) is 0.0155. The molecule has 0 unspecified atom stereocenters. The zero-order chi connectivity index (χ0) is 35.0. The average molecular weight is 678 g/mol. The summed E-state index contributed by atoms with van der Waals surface area (Å²) in [6, 6.07) is 65.5. The lowest BCUT2D eigenvalue weighted by Gasteiger charge is -2.13. The van der Waals surface area contributed by atoms with Crippen LogP contribution in [0.3, 0.4) is 0 Å². The molecule has 248 valence electrons. The Bertz CT molecular complexity index is 3130. The molecule has 11 rings (SSSR count). The smallest absolute Gasteiger partial charge is 0.193 e. The summed E-state index contributed by atoms with van der Waals surface area (Å²) < 4.78 is 7.33. The first-order valence-electron chi connectivity index (χ1n) is 18.0. The Balaban J connectivity index is 1.38. The van der Waals surface area contributed by atoms with Crippen molar-refractivity contribution in [1.29, 1.82) is 0 Å². The second-order valence-electron chi connectivity index (χ2n) is 13.6. The summed E-state index contributed by atoms with van der Waals surface area (Å²) >= 11 is 0. The van der Waals surface area contributed by atoms with E-state index in [1.54, 1.807) is 0 Å². The molecule has 11 aromatic rings. The molecule has 0 saturated heterocycles. The fraction of sp³-hybridized carbons (Fsp3) is 0. The number of fused-ring (bicyclic) bond motifs is 12. The number of rotatable bonds is 5. The number of hydrogen-bond acceptors (Lipinski definition) is 1. The number of aromatic nitrogens is 3. The Morgan fingerprint density at radius 3 is 1.00 bits per heavy atom. The maximum Gasteiger partial charge on any atom is 0.193 e. The molecule has 0 radical (unpaired) electrons. The number of para-hydroxylation sites is 5. The van der Waals surface area contributed by atoms with Crippen molar-refractivity contribution in [3.05, 3.63) is 199 Å². The molecule has 0 spiro atoms. The quantitative estimate of drug-likeness (QED) is 0.167. The number of ketones is 1.